The molecular formula is C15H16N2O2S2. The standard InChI is InChI=1S/C15H16N2O2S2/c1-17(2)15(19)12-9-5-3-6-10(9)21-14(12)16-13(18)11-7-4-8-20-11/h4,7-8H,3,5-6H2,1-2H3,(H,16,18). The van der Waals surface area contributed by atoms with Crippen LogP contribution in [0.15, 0.2) is 17.5 Å². The fraction of sp³-hybridized carbons (Fsp3) is 0.333. The maximum absolute atomic E-state index is 12.4. The van der Waals surface area contributed by atoms with Crippen molar-refractivity contribution in [2.75, 3.05) is 19.4 Å². The molecule has 21 heavy (non-hydrogen) atoms. The number of carbonyl (C=O) groups is 2. The van der Waals surface area contributed by atoms with Crippen LogP contribution in [-0.4, -0.2) is 30.8 Å². The second kappa shape index (κ2) is 5.61. The Kier molecular flexibility index (Phi) is 3.82. The molecule has 1 N–H and O–H groups in total. The highest BCUT2D eigenvalue weighted by atomic mass is 32.1. The highest BCUT2D eigenvalue weighted by molar-refractivity contribution is 7.17. The van der Waals surface area contributed by atoms with Gasteiger partial charge >= 0.3 is 0 Å². The fourth-order valence-corrected chi connectivity index (χ4v) is 4.41. The largest absolute Gasteiger partial charge is 0.345 e. The first-order chi connectivity index (χ1) is 10.1. The van der Waals surface area contributed by atoms with Crippen LogP contribution in [0, 0.1) is 0 Å². The Balaban J connectivity index is 1.95. The van der Waals surface area contributed by atoms with Crippen LogP contribution < -0.4 is 5.32 Å². The summed E-state index contributed by atoms with van der Waals surface area (Å²) in [4.78, 5) is 28.1. The lowest BCUT2D eigenvalue weighted by atomic mass is 10.1. The molecule has 3 rings (SSSR count). The van der Waals surface area contributed by atoms with E-state index in [0.29, 0.717) is 15.4 Å². The monoisotopic (exact) mass is 320 g/mol. The molecule has 6 heteroatoms. The van der Waals surface area contributed by atoms with Gasteiger partial charge in [0.25, 0.3) is 11.8 Å². The Labute approximate surface area is 131 Å². The van der Waals surface area contributed by atoms with Gasteiger partial charge in [0.2, 0.25) is 0 Å². The first-order valence-corrected chi connectivity index (χ1v) is 8.48. The maximum Gasteiger partial charge on any atom is 0.266 e. The van der Waals surface area contributed by atoms with Crippen molar-refractivity contribution in [1.29, 1.82) is 0 Å². The van der Waals surface area contributed by atoms with E-state index >= 15 is 0 Å². The van der Waals surface area contributed by atoms with E-state index in [9.17, 15) is 9.59 Å². The van der Waals surface area contributed by atoms with Gasteiger partial charge in [0.1, 0.15) is 5.00 Å². The summed E-state index contributed by atoms with van der Waals surface area (Å²) < 4.78 is 0. The smallest absolute Gasteiger partial charge is 0.266 e. The number of anilines is 1. The highest BCUT2D eigenvalue weighted by Gasteiger charge is 2.28. The van der Waals surface area contributed by atoms with Crippen molar-refractivity contribution in [3.05, 3.63) is 38.4 Å². The van der Waals surface area contributed by atoms with Crippen molar-refractivity contribution in [1.82, 2.24) is 4.90 Å². The van der Waals surface area contributed by atoms with Crippen molar-refractivity contribution < 1.29 is 9.59 Å². The summed E-state index contributed by atoms with van der Waals surface area (Å²) in [5, 5.41) is 5.48. The zero-order chi connectivity index (χ0) is 15.0. The van der Waals surface area contributed by atoms with E-state index in [2.05, 4.69) is 5.32 Å². The van der Waals surface area contributed by atoms with Crippen LogP contribution in [0.3, 0.4) is 0 Å². The third-order valence-corrected chi connectivity index (χ3v) is 5.59. The van der Waals surface area contributed by atoms with Crippen LogP contribution >= 0.6 is 22.7 Å². The third kappa shape index (κ3) is 2.61. The normalized spacial score (nSPS) is 13.0. The first kappa shape index (κ1) is 14.3. The molecule has 2 heterocycles. The van der Waals surface area contributed by atoms with Gasteiger partial charge in [-0.15, -0.1) is 22.7 Å². The topological polar surface area (TPSA) is 49.4 Å². The summed E-state index contributed by atoms with van der Waals surface area (Å²) in [6.45, 7) is 0. The van der Waals surface area contributed by atoms with Gasteiger partial charge in [-0.3, -0.25) is 9.59 Å². The van der Waals surface area contributed by atoms with Gasteiger partial charge in [0.05, 0.1) is 10.4 Å². The van der Waals surface area contributed by atoms with E-state index in [1.165, 1.54) is 16.2 Å². The molecule has 0 aliphatic heterocycles. The summed E-state index contributed by atoms with van der Waals surface area (Å²) in [7, 11) is 3.48. The van der Waals surface area contributed by atoms with E-state index in [4.69, 9.17) is 0 Å². The Hall–Kier alpha value is -1.66. The van der Waals surface area contributed by atoms with Crippen LogP contribution in [0.25, 0.3) is 0 Å². The van der Waals surface area contributed by atoms with Crippen molar-refractivity contribution >= 4 is 39.5 Å². The van der Waals surface area contributed by atoms with Crippen molar-refractivity contribution in [3.63, 3.8) is 0 Å². The minimum Gasteiger partial charge on any atom is -0.345 e. The van der Waals surface area contributed by atoms with Crippen LogP contribution in [0.5, 0.6) is 0 Å². The number of nitrogens with one attached hydrogen (secondary N) is 1. The summed E-state index contributed by atoms with van der Waals surface area (Å²) in [5.74, 6) is -0.173. The molecule has 0 fully saturated rings. The zero-order valence-electron chi connectivity index (χ0n) is 11.9. The molecular weight excluding hydrogens is 304 g/mol. The number of amides is 2. The molecule has 110 valence electrons. The number of rotatable bonds is 3. The van der Waals surface area contributed by atoms with Crippen molar-refractivity contribution in [2.24, 2.45) is 0 Å². The SMILES string of the molecule is CN(C)C(=O)c1c(NC(=O)c2cccs2)sc2c1CCC2. The van der Waals surface area contributed by atoms with Gasteiger partial charge in [-0.2, -0.15) is 0 Å². The van der Waals surface area contributed by atoms with E-state index in [1.54, 1.807) is 36.4 Å². The molecule has 0 radical (unpaired) electrons. The van der Waals surface area contributed by atoms with E-state index in [0.717, 1.165) is 24.8 Å². The number of thiophene rings is 2. The van der Waals surface area contributed by atoms with Crippen molar-refractivity contribution in [3.8, 4) is 0 Å². The minimum atomic E-state index is -0.141. The molecule has 0 saturated heterocycles. The lowest BCUT2D eigenvalue weighted by molar-refractivity contribution is 0.0828. The molecule has 1 aliphatic rings. The summed E-state index contributed by atoms with van der Waals surface area (Å²) >= 11 is 2.94. The molecule has 2 aromatic heterocycles. The number of fused-ring (bicyclic) bond motifs is 1. The quantitative estimate of drug-likeness (QED) is 0.944. The van der Waals surface area contributed by atoms with Crippen LogP contribution in [-0.2, 0) is 12.8 Å². The minimum absolute atomic E-state index is 0.0316. The Morgan fingerprint density at radius 3 is 2.76 bits per heavy atom. The molecule has 0 aromatic carbocycles. The van der Waals surface area contributed by atoms with Gasteiger partial charge in [0, 0.05) is 19.0 Å². The summed E-state index contributed by atoms with van der Waals surface area (Å²) in [6.07, 6.45) is 3.02. The molecule has 0 saturated carbocycles. The second-order valence-electron chi connectivity index (χ2n) is 5.19. The second-order valence-corrected chi connectivity index (χ2v) is 7.25. The van der Waals surface area contributed by atoms with Crippen LogP contribution in [0.1, 0.15) is 36.9 Å². The number of carbonyl (C=O) groups excluding carboxylic acids is 2. The average molecular weight is 320 g/mol. The van der Waals surface area contributed by atoms with Crippen LogP contribution in [0.2, 0.25) is 0 Å². The highest BCUT2D eigenvalue weighted by Crippen LogP contribution is 2.39. The van der Waals surface area contributed by atoms with Crippen LogP contribution in [0.4, 0.5) is 5.00 Å². The number of hydrogen-bond donors (Lipinski definition) is 1. The number of hydrogen-bond acceptors (Lipinski definition) is 4. The zero-order valence-corrected chi connectivity index (χ0v) is 13.6. The molecule has 0 bridgehead atoms. The Bertz CT molecular complexity index is 687. The Morgan fingerprint density at radius 2 is 2.10 bits per heavy atom. The van der Waals surface area contributed by atoms with E-state index < -0.39 is 0 Å². The van der Waals surface area contributed by atoms with E-state index in [1.807, 2.05) is 11.4 Å². The molecule has 0 atom stereocenters. The predicted molar refractivity (Wildman–Crippen MR) is 86.6 cm³/mol. The lowest BCUT2D eigenvalue weighted by Gasteiger charge is -2.13. The molecule has 4 nitrogen and oxygen atoms in total. The average Bonchev–Trinajstić information content (AvgIpc) is 3.14. The number of nitrogens with zero attached hydrogens (tertiary/aromatic N) is 1. The maximum atomic E-state index is 12.4. The lowest BCUT2D eigenvalue weighted by Crippen LogP contribution is -2.24. The van der Waals surface area contributed by atoms with Gasteiger partial charge in [-0.25, -0.2) is 0 Å². The van der Waals surface area contributed by atoms with Gasteiger partial charge in [0.15, 0.2) is 0 Å². The Morgan fingerprint density at radius 1 is 1.29 bits per heavy atom. The third-order valence-electron chi connectivity index (χ3n) is 3.51. The van der Waals surface area contributed by atoms with E-state index in [-0.39, 0.29) is 11.8 Å². The van der Waals surface area contributed by atoms with Crippen molar-refractivity contribution in [2.45, 2.75) is 19.3 Å². The molecule has 2 amide bonds. The molecule has 0 unspecified atom stereocenters. The molecule has 1 aliphatic carbocycles. The summed E-state index contributed by atoms with van der Waals surface area (Å²) in [6, 6.07) is 3.63. The van der Waals surface area contributed by atoms with Gasteiger partial charge in [-0.1, -0.05) is 6.07 Å². The molecule has 0 spiro atoms. The number of aryl methyl sites for hydroxylation is 1. The predicted octanol–water partition coefficient (Wildman–Crippen LogP) is 3.25. The van der Waals surface area contributed by atoms with Gasteiger partial charge in [-0.05, 0) is 36.3 Å². The first-order valence-electron chi connectivity index (χ1n) is 6.79. The molecule has 2 aromatic rings. The fourth-order valence-electron chi connectivity index (χ4n) is 2.51. The van der Waals surface area contributed by atoms with Gasteiger partial charge < -0.3 is 10.2 Å². The summed E-state index contributed by atoms with van der Waals surface area (Å²) in [5.41, 5.74) is 1.81.